The van der Waals surface area contributed by atoms with Crippen molar-refractivity contribution in [2.24, 2.45) is 4.99 Å². The largest absolute Gasteiger partial charge is 0.494 e. The van der Waals surface area contributed by atoms with E-state index in [1.54, 1.807) is 19.2 Å². The lowest BCUT2D eigenvalue weighted by atomic mass is 10.1. The Morgan fingerprint density at radius 2 is 2.00 bits per heavy atom. The summed E-state index contributed by atoms with van der Waals surface area (Å²) in [6, 6.07) is 11.5. The number of rotatable bonds is 8. The number of unbranched alkanes of at least 4 members (excludes halogenated alkanes) is 1. The molecule has 3 aromatic rings. The van der Waals surface area contributed by atoms with Crippen molar-refractivity contribution < 1.29 is 14.3 Å². The van der Waals surface area contributed by atoms with Crippen LogP contribution in [0, 0.1) is 13.8 Å². The highest BCUT2D eigenvalue weighted by Crippen LogP contribution is 2.23. The minimum absolute atomic E-state index is 0.266. The van der Waals surface area contributed by atoms with E-state index in [0.29, 0.717) is 35.9 Å². The number of hydrogen-bond donors (Lipinski definition) is 0. The predicted octanol–water partition coefficient (Wildman–Crippen LogP) is 4.89. The van der Waals surface area contributed by atoms with Crippen molar-refractivity contribution in [3.8, 4) is 5.75 Å². The highest BCUT2D eigenvalue weighted by atomic mass is 32.1. The van der Waals surface area contributed by atoms with Gasteiger partial charge in [-0.2, -0.15) is 4.99 Å². The third-order valence-corrected chi connectivity index (χ3v) is 5.70. The zero-order valence-corrected chi connectivity index (χ0v) is 18.3. The number of benzene rings is 2. The number of carbonyl (C=O) groups excluding carboxylic acids is 1. The van der Waals surface area contributed by atoms with Crippen LogP contribution >= 0.6 is 11.3 Å². The van der Waals surface area contributed by atoms with Crippen molar-refractivity contribution in [3.63, 3.8) is 0 Å². The molecule has 154 valence electrons. The van der Waals surface area contributed by atoms with E-state index in [-0.39, 0.29) is 5.91 Å². The molecule has 3 rings (SSSR count). The zero-order valence-electron chi connectivity index (χ0n) is 17.5. The number of methoxy groups -OCH3 is 1. The quantitative estimate of drug-likeness (QED) is 0.495. The topological polar surface area (TPSA) is 52.8 Å². The van der Waals surface area contributed by atoms with Crippen LogP contribution in [0.1, 0.15) is 41.3 Å². The van der Waals surface area contributed by atoms with Crippen LogP contribution in [0.25, 0.3) is 10.2 Å². The summed E-state index contributed by atoms with van der Waals surface area (Å²) in [5, 5.41) is 0. The van der Waals surface area contributed by atoms with Gasteiger partial charge in [0.1, 0.15) is 5.75 Å². The van der Waals surface area contributed by atoms with Gasteiger partial charge in [0, 0.05) is 19.2 Å². The zero-order chi connectivity index (χ0) is 20.8. The number of ether oxygens (including phenoxy) is 2. The fourth-order valence-electron chi connectivity index (χ4n) is 3.27. The van der Waals surface area contributed by atoms with E-state index < -0.39 is 0 Å². The van der Waals surface area contributed by atoms with E-state index in [9.17, 15) is 4.79 Å². The minimum atomic E-state index is -0.266. The Morgan fingerprint density at radius 1 is 1.17 bits per heavy atom. The Balaban J connectivity index is 2.00. The molecular weight excluding hydrogens is 384 g/mol. The van der Waals surface area contributed by atoms with Gasteiger partial charge in [-0.15, -0.1) is 0 Å². The van der Waals surface area contributed by atoms with Crippen LogP contribution in [0.3, 0.4) is 0 Å². The molecule has 1 amide bonds. The maximum absolute atomic E-state index is 12.9. The van der Waals surface area contributed by atoms with E-state index in [2.05, 4.69) is 42.5 Å². The first-order valence-corrected chi connectivity index (χ1v) is 10.8. The first-order chi connectivity index (χ1) is 14.0. The van der Waals surface area contributed by atoms with Gasteiger partial charge in [0.2, 0.25) is 0 Å². The van der Waals surface area contributed by atoms with E-state index in [1.165, 1.54) is 22.5 Å². The molecule has 0 aliphatic carbocycles. The molecule has 0 saturated carbocycles. The first-order valence-electron chi connectivity index (χ1n) is 9.95. The Labute approximate surface area is 175 Å². The summed E-state index contributed by atoms with van der Waals surface area (Å²) < 4.78 is 14.2. The Kier molecular flexibility index (Phi) is 7.23. The maximum atomic E-state index is 12.9. The van der Waals surface area contributed by atoms with Crippen LogP contribution in [0.2, 0.25) is 0 Å². The van der Waals surface area contributed by atoms with Gasteiger partial charge < -0.3 is 14.0 Å². The van der Waals surface area contributed by atoms with Crippen LogP contribution in [0.5, 0.6) is 5.75 Å². The third-order valence-electron chi connectivity index (χ3n) is 4.68. The van der Waals surface area contributed by atoms with E-state index in [1.807, 2.05) is 12.1 Å². The highest BCUT2D eigenvalue weighted by Gasteiger charge is 2.12. The Morgan fingerprint density at radius 3 is 2.76 bits per heavy atom. The summed E-state index contributed by atoms with van der Waals surface area (Å²) in [5.74, 6) is 0.438. The Hall–Kier alpha value is -2.44. The number of nitrogens with zero attached hydrogens (tertiary/aromatic N) is 2. The van der Waals surface area contributed by atoms with Gasteiger partial charge in [0.25, 0.3) is 5.91 Å². The molecule has 5 nitrogen and oxygen atoms in total. The van der Waals surface area contributed by atoms with Gasteiger partial charge in [-0.05, 0) is 55.7 Å². The summed E-state index contributed by atoms with van der Waals surface area (Å²) in [4.78, 5) is 18.0. The normalized spacial score (nSPS) is 11.9. The van der Waals surface area contributed by atoms with Gasteiger partial charge in [-0.25, -0.2) is 0 Å². The van der Waals surface area contributed by atoms with Crippen molar-refractivity contribution in [2.45, 2.75) is 40.2 Å². The molecule has 0 saturated heterocycles. The molecule has 0 radical (unpaired) electrons. The lowest BCUT2D eigenvalue weighted by molar-refractivity contribution is 0.0997. The highest BCUT2D eigenvalue weighted by molar-refractivity contribution is 7.16. The molecule has 0 atom stereocenters. The molecule has 1 aromatic heterocycles. The van der Waals surface area contributed by atoms with Crippen molar-refractivity contribution in [1.29, 1.82) is 0 Å². The number of hydrogen-bond acceptors (Lipinski definition) is 4. The van der Waals surface area contributed by atoms with E-state index >= 15 is 0 Å². The maximum Gasteiger partial charge on any atom is 0.279 e. The van der Waals surface area contributed by atoms with Crippen LogP contribution in [0.4, 0.5) is 0 Å². The van der Waals surface area contributed by atoms with E-state index in [4.69, 9.17) is 9.47 Å². The molecular formula is C23H28N2O3S. The van der Waals surface area contributed by atoms with Crippen LogP contribution < -0.4 is 9.54 Å². The predicted molar refractivity (Wildman–Crippen MR) is 118 cm³/mol. The van der Waals surface area contributed by atoms with E-state index in [0.717, 1.165) is 23.1 Å². The number of fused-ring (bicyclic) bond motifs is 1. The second kappa shape index (κ2) is 9.85. The van der Waals surface area contributed by atoms with Crippen molar-refractivity contribution in [1.82, 2.24) is 4.57 Å². The lowest BCUT2D eigenvalue weighted by Gasteiger charge is -2.07. The van der Waals surface area contributed by atoms with Crippen LogP contribution in [-0.4, -0.2) is 30.8 Å². The molecule has 6 heteroatoms. The van der Waals surface area contributed by atoms with Gasteiger partial charge in [-0.1, -0.05) is 36.8 Å². The molecule has 0 aliphatic rings. The molecule has 1 heterocycles. The number of aromatic nitrogens is 1. The molecule has 2 aromatic carbocycles. The second-order valence-electron chi connectivity index (χ2n) is 7.10. The number of thiazole rings is 1. The average molecular weight is 413 g/mol. The SMILES string of the molecule is CCCCOc1cccc(C(=O)N=c2sc3cc(C)cc(C)c3n2CCOC)c1. The minimum Gasteiger partial charge on any atom is -0.494 e. The van der Waals surface area contributed by atoms with Gasteiger partial charge in [0.15, 0.2) is 4.80 Å². The summed E-state index contributed by atoms with van der Waals surface area (Å²) in [6.45, 7) is 8.15. The summed E-state index contributed by atoms with van der Waals surface area (Å²) in [6.07, 6.45) is 2.06. The summed E-state index contributed by atoms with van der Waals surface area (Å²) >= 11 is 1.54. The Bertz CT molecular complexity index is 1070. The first kappa shape index (κ1) is 21.3. The monoisotopic (exact) mass is 412 g/mol. The van der Waals surface area contributed by atoms with Crippen molar-refractivity contribution in [2.75, 3.05) is 20.3 Å². The molecule has 0 unspecified atom stereocenters. The number of amides is 1. The summed E-state index contributed by atoms with van der Waals surface area (Å²) in [7, 11) is 1.68. The molecule has 0 aliphatic heterocycles. The fraction of sp³-hybridized carbons (Fsp3) is 0.391. The fourth-order valence-corrected chi connectivity index (χ4v) is 4.50. The number of carbonyl (C=O) groups is 1. The summed E-state index contributed by atoms with van der Waals surface area (Å²) in [5.41, 5.74) is 4.01. The lowest BCUT2D eigenvalue weighted by Crippen LogP contribution is -2.19. The molecule has 0 fully saturated rings. The van der Waals surface area contributed by atoms with Gasteiger partial charge in [0.05, 0.1) is 23.4 Å². The molecule has 29 heavy (non-hydrogen) atoms. The smallest absolute Gasteiger partial charge is 0.279 e. The standard InChI is InChI=1S/C23H28N2O3S/c1-5-6-11-28-19-9-7-8-18(15-19)22(26)24-23-25(10-12-27-4)21-17(3)13-16(2)14-20(21)29-23/h7-9,13-15H,5-6,10-12H2,1-4H3. The average Bonchev–Trinajstić information content (AvgIpc) is 3.03. The number of aryl methyl sites for hydroxylation is 2. The third kappa shape index (κ3) is 5.14. The van der Waals surface area contributed by atoms with Crippen molar-refractivity contribution >= 4 is 27.5 Å². The second-order valence-corrected chi connectivity index (χ2v) is 8.11. The van der Waals surface area contributed by atoms with Gasteiger partial charge >= 0.3 is 0 Å². The van der Waals surface area contributed by atoms with Gasteiger partial charge in [-0.3, -0.25) is 4.79 Å². The van der Waals surface area contributed by atoms with Crippen LogP contribution in [-0.2, 0) is 11.3 Å². The molecule has 0 N–H and O–H groups in total. The van der Waals surface area contributed by atoms with Crippen molar-refractivity contribution in [3.05, 3.63) is 57.9 Å². The van der Waals surface area contributed by atoms with Crippen LogP contribution in [0.15, 0.2) is 41.4 Å². The molecule has 0 bridgehead atoms. The molecule has 0 spiro atoms.